The van der Waals surface area contributed by atoms with Gasteiger partial charge in [-0.2, -0.15) is 0 Å². The van der Waals surface area contributed by atoms with Crippen molar-refractivity contribution in [2.75, 3.05) is 4.90 Å². The van der Waals surface area contributed by atoms with Crippen molar-refractivity contribution in [3.63, 3.8) is 0 Å². The minimum absolute atomic E-state index is 0.0163. The lowest BCUT2D eigenvalue weighted by Crippen LogP contribution is -2.53. The summed E-state index contributed by atoms with van der Waals surface area (Å²) in [5.74, 6) is -1.47. The Morgan fingerprint density at radius 2 is 1.71 bits per heavy atom. The van der Waals surface area contributed by atoms with E-state index in [0.717, 1.165) is 22.4 Å². The van der Waals surface area contributed by atoms with Crippen molar-refractivity contribution in [2.24, 2.45) is 11.8 Å². The van der Waals surface area contributed by atoms with Gasteiger partial charge in [0.2, 0.25) is 5.91 Å². The molecule has 0 bridgehead atoms. The van der Waals surface area contributed by atoms with Gasteiger partial charge in [0.05, 0.1) is 5.92 Å². The Morgan fingerprint density at radius 3 is 2.19 bits per heavy atom. The van der Waals surface area contributed by atoms with E-state index in [0.29, 0.717) is 0 Å². The molecule has 1 aliphatic rings. The van der Waals surface area contributed by atoms with Crippen molar-refractivity contribution in [3.8, 4) is 0 Å². The molecule has 0 saturated carbocycles. The van der Waals surface area contributed by atoms with Crippen LogP contribution in [0.1, 0.15) is 37.0 Å². The van der Waals surface area contributed by atoms with Crippen LogP contribution in [0.2, 0.25) is 0 Å². The monoisotopic (exact) mass is 289 g/mol. The topological polar surface area (TPSA) is 57.6 Å². The van der Waals surface area contributed by atoms with Crippen LogP contribution in [0.3, 0.4) is 0 Å². The number of hydrogen-bond donors (Lipinski definition) is 1. The number of carboxylic acid groups (broad SMARTS) is 1. The van der Waals surface area contributed by atoms with Gasteiger partial charge in [-0.3, -0.25) is 9.59 Å². The number of amides is 1. The van der Waals surface area contributed by atoms with E-state index in [2.05, 4.69) is 0 Å². The minimum atomic E-state index is -0.824. The molecule has 114 valence electrons. The van der Waals surface area contributed by atoms with Crippen molar-refractivity contribution in [1.82, 2.24) is 0 Å². The molecule has 1 aromatic rings. The van der Waals surface area contributed by atoms with Gasteiger partial charge in [-0.05, 0) is 44.7 Å². The first-order valence-corrected chi connectivity index (χ1v) is 7.36. The van der Waals surface area contributed by atoms with E-state index < -0.39 is 11.9 Å². The molecular formula is C17H23NO3. The standard InChI is InChI=1S/C17H23NO3/c1-9-6-11(3)16(12(4)7-9)18-13(5)15(17(20)21)10(2)8-14(18)19/h6-7,10,13,15H,8H2,1-5H3,(H,20,21). The van der Waals surface area contributed by atoms with Gasteiger partial charge in [0.1, 0.15) is 0 Å². The average molecular weight is 289 g/mol. The van der Waals surface area contributed by atoms with E-state index in [9.17, 15) is 14.7 Å². The number of anilines is 1. The maximum absolute atomic E-state index is 12.5. The van der Waals surface area contributed by atoms with Gasteiger partial charge in [0.25, 0.3) is 0 Å². The van der Waals surface area contributed by atoms with Gasteiger partial charge in [-0.15, -0.1) is 0 Å². The predicted octanol–water partition coefficient (Wildman–Crippen LogP) is 3.07. The molecule has 1 fully saturated rings. The third kappa shape index (κ3) is 2.67. The van der Waals surface area contributed by atoms with Gasteiger partial charge in [0.15, 0.2) is 0 Å². The molecule has 0 radical (unpaired) electrons. The van der Waals surface area contributed by atoms with E-state index in [-0.39, 0.29) is 24.3 Å². The second-order valence-electron chi connectivity index (χ2n) is 6.30. The summed E-state index contributed by atoms with van der Waals surface area (Å²) < 4.78 is 0. The summed E-state index contributed by atoms with van der Waals surface area (Å²) in [4.78, 5) is 25.7. The van der Waals surface area contributed by atoms with Gasteiger partial charge in [0, 0.05) is 18.2 Å². The van der Waals surface area contributed by atoms with Crippen LogP contribution in [0.15, 0.2) is 12.1 Å². The second-order valence-corrected chi connectivity index (χ2v) is 6.30. The number of carbonyl (C=O) groups excluding carboxylic acids is 1. The lowest BCUT2D eigenvalue weighted by Gasteiger charge is -2.42. The quantitative estimate of drug-likeness (QED) is 0.910. The fourth-order valence-electron chi connectivity index (χ4n) is 3.69. The molecule has 0 spiro atoms. The van der Waals surface area contributed by atoms with E-state index in [1.54, 1.807) is 4.90 Å². The van der Waals surface area contributed by atoms with Gasteiger partial charge < -0.3 is 10.0 Å². The van der Waals surface area contributed by atoms with Crippen LogP contribution in [0.5, 0.6) is 0 Å². The van der Waals surface area contributed by atoms with Crippen molar-refractivity contribution >= 4 is 17.6 Å². The van der Waals surface area contributed by atoms with Crippen LogP contribution in [0.25, 0.3) is 0 Å². The molecule has 21 heavy (non-hydrogen) atoms. The first kappa shape index (κ1) is 15.5. The summed E-state index contributed by atoms with van der Waals surface area (Å²) in [5.41, 5.74) is 4.06. The summed E-state index contributed by atoms with van der Waals surface area (Å²) in [6.07, 6.45) is 0.286. The van der Waals surface area contributed by atoms with Crippen molar-refractivity contribution < 1.29 is 14.7 Å². The van der Waals surface area contributed by atoms with Crippen LogP contribution >= 0.6 is 0 Å². The van der Waals surface area contributed by atoms with Crippen LogP contribution in [-0.4, -0.2) is 23.0 Å². The molecule has 3 atom stereocenters. The van der Waals surface area contributed by atoms with Crippen LogP contribution in [0.4, 0.5) is 5.69 Å². The maximum atomic E-state index is 12.5. The lowest BCUT2D eigenvalue weighted by molar-refractivity contribution is -0.146. The van der Waals surface area contributed by atoms with Crippen molar-refractivity contribution in [2.45, 2.75) is 47.1 Å². The van der Waals surface area contributed by atoms with Crippen molar-refractivity contribution in [3.05, 3.63) is 28.8 Å². The highest BCUT2D eigenvalue weighted by molar-refractivity contribution is 5.98. The third-order valence-corrected chi connectivity index (χ3v) is 4.47. The number of nitrogens with zero attached hydrogens (tertiary/aromatic N) is 1. The Kier molecular flexibility index (Phi) is 4.08. The number of carbonyl (C=O) groups is 2. The number of carboxylic acids is 1. The van der Waals surface area contributed by atoms with E-state index in [1.807, 2.05) is 46.8 Å². The maximum Gasteiger partial charge on any atom is 0.308 e. The van der Waals surface area contributed by atoms with E-state index >= 15 is 0 Å². The summed E-state index contributed by atoms with van der Waals surface area (Å²) in [6, 6.07) is 3.74. The SMILES string of the molecule is Cc1cc(C)c(N2C(=O)CC(C)C(C(=O)O)C2C)c(C)c1. The zero-order valence-electron chi connectivity index (χ0n) is 13.3. The zero-order valence-corrected chi connectivity index (χ0v) is 13.3. The first-order valence-electron chi connectivity index (χ1n) is 7.36. The number of benzene rings is 1. The summed E-state index contributed by atoms with van der Waals surface area (Å²) in [5, 5.41) is 9.47. The van der Waals surface area contributed by atoms with Crippen LogP contribution in [0, 0.1) is 32.6 Å². The van der Waals surface area contributed by atoms with Crippen molar-refractivity contribution in [1.29, 1.82) is 0 Å². The Hall–Kier alpha value is -1.84. The molecule has 2 rings (SSSR count). The zero-order chi connectivity index (χ0) is 15.9. The summed E-state index contributed by atoms with van der Waals surface area (Å²) in [7, 11) is 0. The summed E-state index contributed by atoms with van der Waals surface area (Å²) >= 11 is 0. The fraction of sp³-hybridized carbons (Fsp3) is 0.529. The first-order chi connectivity index (χ1) is 9.73. The third-order valence-electron chi connectivity index (χ3n) is 4.47. The number of hydrogen-bond acceptors (Lipinski definition) is 2. The highest BCUT2D eigenvalue weighted by atomic mass is 16.4. The minimum Gasteiger partial charge on any atom is -0.481 e. The Balaban J connectivity index is 2.52. The number of aliphatic carboxylic acids is 1. The Labute approximate surface area is 125 Å². The van der Waals surface area contributed by atoms with Gasteiger partial charge in [-0.1, -0.05) is 24.6 Å². The fourth-order valence-corrected chi connectivity index (χ4v) is 3.69. The molecule has 4 nitrogen and oxygen atoms in total. The average Bonchev–Trinajstić information content (AvgIpc) is 2.30. The lowest BCUT2D eigenvalue weighted by atomic mass is 9.80. The molecule has 4 heteroatoms. The molecule has 1 amide bonds. The predicted molar refractivity (Wildman–Crippen MR) is 82.5 cm³/mol. The number of rotatable bonds is 2. The smallest absolute Gasteiger partial charge is 0.308 e. The molecule has 3 unspecified atom stereocenters. The van der Waals surface area contributed by atoms with Gasteiger partial charge in [-0.25, -0.2) is 0 Å². The normalized spacial score (nSPS) is 26.0. The van der Waals surface area contributed by atoms with E-state index in [1.165, 1.54) is 0 Å². The molecule has 1 heterocycles. The molecule has 0 aliphatic carbocycles. The van der Waals surface area contributed by atoms with Crippen LogP contribution in [-0.2, 0) is 9.59 Å². The molecule has 1 aliphatic heterocycles. The molecule has 1 N–H and O–H groups in total. The second kappa shape index (κ2) is 5.51. The van der Waals surface area contributed by atoms with E-state index in [4.69, 9.17) is 0 Å². The molecular weight excluding hydrogens is 266 g/mol. The Morgan fingerprint density at radius 1 is 1.19 bits per heavy atom. The molecule has 0 aromatic heterocycles. The van der Waals surface area contributed by atoms with Gasteiger partial charge >= 0.3 is 5.97 Å². The highest BCUT2D eigenvalue weighted by Crippen LogP contribution is 2.37. The number of piperidine rings is 1. The Bertz CT molecular complexity index is 571. The number of aryl methyl sites for hydroxylation is 3. The summed E-state index contributed by atoms with van der Waals surface area (Å²) in [6.45, 7) is 9.66. The highest BCUT2D eigenvalue weighted by Gasteiger charge is 2.43. The largest absolute Gasteiger partial charge is 0.481 e. The molecule has 1 saturated heterocycles. The molecule has 1 aromatic carbocycles. The van der Waals surface area contributed by atoms with Crippen LogP contribution < -0.4 is 4.90 Å².